The molecule has 0 amide bonds. The van der Waals surface area contributed by atoms with Crippen LogP contribution in [0, 0.1) is 0 Å². The maximum Gasteiger partial charge on any atom is 0.336 e. The third-order valence-electron chi connectivity index (χ3n) is 4.67. The molecule has 0 unspecified atom stereocenters. The van der Waals surface area contributed by atoms with Crippen molar-refractivity contribution >= 4 is 29.1 Å². The van der Waals surface area contributed by atoms with E-state index in [-0.39, 0.29) is 0 Å². The normalized spacial score (nSPS) is 17.0. The molecule has 2 aromatic carbocycles. The van der Waals surface area contributed by atoms with E-state index < -0.39 is 17.9 Å². The van der Waals surface area contributed by atoms with Gasteiger partial charge in [-0.1, -0.05) is 24.3 Å². The minimum atomic E-state index is -0.474. The zero-order valence-electron chi connectivity index (χ0n) is 15.9. The standard InChI is InChI=1S/C22H19N3O4/c1-13(26)29-15-7-5-6-14(10-15)20-16-11-23-18-8-3-4-9-19(18)25-21(16)24-12-17(20)22(27)28-2/h3-12,20,23H,1-2H3,(H,24,25)/t20-/m0/s1. The number of aliphatic imine (C=N–C) groups is 1. The summed E-state index contributed by atoms with van der Waals surface area (Å²) in [5.41, 5.74) is 3.69. The average molecular weight is 389 g/mol. The van der Waals surface area contributed by atoms with Crippen LogP contribution >= 0.6 is 0 Å². The van der Waals surface area contributed by atoms with Gasteiger partial charge in [-0.15, -0.1) is 0 Å². The molecular weight excluding hydrogens is 370 g/mol. The second-order valence-electron chi connectivity index (χ2n) is 6.57. The van der Waals surface area contributed by atoms with Crippen molar-refractivity contribution in [2.75, 3.05) is 17.7 Å². The quantitative estimate of drug-likeness (QED) is 0.616. The fourth-order valence-electron chi connectivity index (χ4n) is 3.42. The van der Waals surface area contributed by atoms with Gasteiger partial charge in [-0.05, 0) is 29.8 Å². The number of ether oxygens (including phenoxy) is 2. The van der Waals surface area contributed by atoms with Crippen molar-refractivity contribution in [3.05, 3.63) is 77.6 Å². The first-order chi connectivity index (χ1) is 14.1. The van der Waals surface area contributed by atoms with Crippen LogP contribution in [0.25, 0.3) is 0 Å². The fraction of sp³-hybridized carbons (Fsp3) is 0.136. The summed E-state index contributed by atoms with van der Waals surface area (Å²) >= 11 is 0. The van der Waals surface area contributed by atoms with E-state index in [0.29, 0.717) is 17.2 Å². The van der Waals surface area contributed by atoms with E-state index in [2.05, 4.69) is 15.6 Å². The molecule has 2 N–H and O–H groups in total. The molecule has 0 spiro atoms. The topological polar surface area (TPSA) is 89.0 Å². The average Bonchev–Trinajstić information content (AvgIpc) is 2.91. The summed E-state index contributed by atoms with van der Waals surface area (Å²) in [7, 11) is 1.34. The number of anilines is 2. The van der Waals surface area contributed by atoms with Gasteiger partial charge in [0.25, 0.3) is 0 Å². The number of carbonyl (C=O) groups excluding carboxylic acids is 2. The Balaban J connectivity index is 1.81. The zero-order chi connectivity index (χ0) is 20.4. The number of esters is 2. The highest BCUT2D eigenvalue weighted by atomic mass is 16.5. The number of hydrogen-bond acceptors (Lipinski definition) is 7. The fourth-order valence-corrected chi connectivity index (χ4v) is 3.42. The van der Waals surface area contributed by atoms with Gasteiger partial charge < -0.3 is 20.1 Å². The number of amidine groups is 1. The van der Waals surface area contributed by atoms with Crippen LogP contribution in [0.15, 0.2) is 77.1 Å². The Bertz CT molecular complexity index is 1080. The molecule has 1 atom stereocenters. The summed E-state index contributed by atoms with van der Waals surface area (Å²) in [6.45, 7) is 1.34. The Kier molecular flexibility index (Phi) is 4.87. The van der Waals surface area contributed by atoms with Crippen molar-refractivity contribution < 1.29 is 19.1 Å². The number of methoxy groups -OCH3 is 1. The molecular formula is C22H19N3O4. The van der Waals surface area contributed by atoms with Crippen molar-refractivity contribution in [2.24, 2.45) is 4.99 Å². The van der Waals surface area contributed by atoms with E-state index >= 15 is 0 Å². The maximum atomic E-state index is 12.5. The Morgan fingerprint density at radius 2 is 1.86 bits per heavy atom. The number of fused-ring (bicyclic) bond motifs is 2. The molecule has 7 heteroatoms. The molecule has 0 bridgehead atoms. The van der Waals surface area contributed by atoms with Crippen molar-refractivity contribution in [1.29, 1.82) is 0 Å². The summed E-state index contributed by atoms with van der Waals surface area (Å²) in [4.78, 5) is 28.3. The molecule has 29 heavy (non-hydrogen) atoms. The third kappa shape index (κ3) is 3.62. The molecule has 0 aromatic heterocycles. The first kappa shape index (κ1) is 18.5. The van der Waals surface area contributed by atoms with Gasteiger partial charge in [-0.25, -0.2) is 9.79 Å². The summed E-state index contributed by atoms with van der Waals surface area (Å²) in [5, 5.41) is 6.60. The Morgan fingerprint density at radius 3 is 2.62 bits per heavy atom. The lowest BCUT2D eigenvalue weighted by atomic mass is 9.83. The Morgan fingerprint density at radius 1 is 1.07 bits per heavy atom. The van der Waals surface area contributed by atoms with E-state index in [9.17, 15) is 9.59 Å². The lowest BCUT2D eigenvalue weighted by Crippen LogP contribution is -2.26. The molecule has 2 heterocycles. The molecule has 0 aliphatic carbocycles. The van der Waals surface area contributed by atoms with Crippen LogP contribution in [0.3, 0.4) is 0 Å². The summed E-state index contributed by atoms with van der Waals surface area (Å²) in [5.74, 6) is -0.318. The second-order valence-corrected chi connectivity index (χ2v) is 6.57. The van der Waals surface area contributed by atoms with Gasteiger partial charge in [-0.3, -0.25) is 4.79 Å². The molecule has 0 saturated heterocycles. The van der Waals surface area contributed by atoms with Crippen molar-refractivity contribution in [2.45, 2.75) is 12.8 Å². The van der Waals surface area contributed by atoms with E-state index in [1.54, 1.807) is 18.2 Å². The SMILES string of the molecule is COC(=O)C1=CN=C2Nc3ccccc3NC=C2[C@@H]1c1cccc(OC(C)=O)c1. The van der Waals surface area contributed by atoms with Crippen LogP contribution in [-0.4, -0.2) is 24.9 Å². The molecule has 7 nitrogen and oxygen atoms in total. The smallest absolute Gasteiger partial charge is 0.336 e. The van der Waals surface area contributed by atoms with Crippen molar-refractivity contribution in [1.82, 2.24) is 0 Å². The molecule has 2 aromatic rings. The van der Waals surface area contributed by atoms with E-state index in [4.69, 9.17) is 9.47 Å². The van der Waals surface area contributed by atoms with Crippen LogP contribution in [0.4, 0.5) is 11.4 Å². The number of para-hydroxylation sites is 2. The zero-order valence-corrected chi connectivity index (χ0v) is 15.9. The maximum absolute atomic E-state index is 12.5. The number of hydrogen-bond donors (Lipinski definition) is 2. The number of rotatable bonds is 3. The minimum absolute atomic E-state index is 0.386. The number of nitrogens with zero attached hydrogens (tertiary/aromatic N) is 1. The summed E-state index contributed by atoms with van der Waals surface area (Å²) in [6, 6.07) is 14.8. The third-order valence-corrected chi connectivity index (χ3v) is 4.67. The van der Waals surface area contributed by atoms with Gasteiger partial charge in [0.05, 0.1) is 24.1 Å². The van der Waals surface area contributed by atoms with Gasteiger partial charge in [0.2, 0.25) is 0 Å². The lowest BCUT2D eigenvalue weighted by Gasteiger charge is -2.26. The van der Waals surface area contributed by atoms with Crippen LogP contribution in [0.1, 0.15) is 18.4 Å². The Hall–Kier alpha value is -3.87. The number of benzene rings is 2. The van der Waals surface area contributed by atoms with E-state index in [1.807, 2.05) is 36.5 Å². The van der Waals surface area contributed by atoms with Crippen LogP contribution < -0.4 is 15.4 Å². The predicted octanol–water partition coefficient (Wildman–Crippen LogP) is 3.59. The van der Waals surface area contributed by atoms with Gasteiger partial charge in [-0.2, -0.15) is 0 Å². The summed E-state index contributed by atoms with van der Waals surface area (Å²) in [6.07, 6.45) is 3.35. The number of nitrogens with one attached hydrogen (secondary N) is 2. The number of carbonyl (C=O) groups is 2. The highest BCUT2D eigenvalue weighted by Crippen LogP contribution is 2.39. The summed E-state index contributed by atoms with van der Waals surface area (Å²) < 4.78 is 10.2. The van der Waals surface area contributed by atoms with E-state index in [1.165, 1.54) is 20.2 Å². The second kappa shape index (κ2) is 7.63. The molecule has 2 aliphatic heterocycles. The Labute approximate surface area is 167 Å². The highest BCUT2D eigenvalue weighted by Gasteiger charge is 2.34. The minimum Gasteiger partial charge on any atom is -0.466 e. The van der Waals surface area contributed by atoms with Crippen molar-refractivity contribution in [3.63, 3.8) is 0 Å². The largest absolute Gasteiger partial charge is 0.466 e. The van der Waals surface area contributed by atoms with Gasteiger partial charge in [0, 0.05) is 30.8 Å². The van der Waals surface area contributed by atoms with Crippen LogP contribution in [-0.2, 0) is 14.3 Å². The van der Waals surface area contributed by atoms with E-state index in [0.717, 1.165) is 22.5 Å². The molecule has 0 fully saturated rings. The molecule has 2 aliphatic rings. The molecule has 146 valence electrons. The first-order valence-electron chi connectivity index (χ1n) is 9.04. The first-order valence-corrected chi connectivity index (χ1v) is 9.04. The van der Waals surface area contributed by atoms with Gasteiger partial charge in [0.15, 0.2) is 0 Å². The lowest BCUT2D eigenvalue weighted by molar-refractivity contribution is -0.136. The highest BCUT2D eigenvalue weighted by molar-refractivity contribution is 6.14. The predicted molar refractivity (Wildman–Crippen MR) is 110 cm³/mol. The molecule has 0 saturated carbocycles. The van der Waals surface area contributed by atoms with Crippen molar-refractivity contribution in [3.8, 4) is 5.75 Å². The van der Waals surface area contributed by atoms with Crippen LogP contribution in [0.2, 0.25) is 0 Å². The van der Waals surface area contributed by atoms with Gasteiger partial charge in [0.1, 0.15) is 11.6 Å². The molecule has 0 radical (unpaired) electrons. The molecule has 4 rings (SSSR count). The monoisotopic (exact) mass is 389 g/mol. The van der Waals surface area contributed by atoms with Crippen LogP contribution in [0.5, 0.6) is 5.75 Å². The van der Waals surface area contributed by atoms with Gasteiger partial charge >= 0.3 is 11.9 Å².